The van der Waals surface area contributed by atoms with E-state index < -0.39 is 0 Å². The van der Waals surface area contributed by atoms with E-state index in [0.717, 1.165) is 23.9 Å². The van der Waals surface area contributed by atoms with Crippen molar-refractivity contribution in [3.8, 4) is 0 Å². The highest BCUT2D eigenvalue weighted by atomic mass is 16.1. The molecule has 1 heteroatoms. The van der Waals surface area contributed by atoms with Crippen LogP contribution in [0.2, 0.25) is 0 Å². The van der Waals surface area contributed by atoms with Crippen molar-refractivity contribution in [2.75, 3.05) is 0 Å². The lowest BCUT2D eigenvalue weighted by Gasteiger charge is -2.31. The summed E-state index contributed by atoms with van der Waals surface area (Å²) in [4.78, 5) is 10.7. The molecule has 0 spiro atoms. The van der Waals surface area contributed by atoms with Crippen molar-refractivity contribution >= 4 is 6.29 Å². The average molecular weight is 164 g/mol. The van der Waals surface area contributed by atoms with E-state index in [9.17, 15) is 4.79 Å². The zero-order valence-corrected chi connectivity index (χ0v) is 8.05. The Morgan fingerprint density at radius 3 is 2.67 bits per heavy atom. The van der Waals surface area contributed by atoms with Gasteiger partial charge in [0.2, 0.25) is 0 Å². The van der Waals surface area contributed by atoms with Gasteiger partial charge in [-0.15, -0.1) is 0 Å². The van der Waals surface area contributed by atoms with Crippen molar-refractivity contribution < 1.29 is 4.79 Å². The van der Waals surface area contributed by atoms with Gasteiger partial charge in [0.15, 0.2) is 0 Å². The van der Waals surface area contributed by atoms with E-state index in [-0.39, 0.29) is 11.3 Å². The van der Waals surface area contributed by atoms with Gasteiger partial charge < -0.3 is 4.79 Å². The fourth-order valence-electron chi connectivity index (χ4n) is 1.98. The molecule has 0 fully saturated rings. The molecule has 1 atom stereocenters. The standard InChI is InChI=1S/C11H16O/c1-8-5-11(3,4)6-9(2)10(8)7-12/h6-7,10H,1,5H2,2-4H3. The Kier molecular flexibility index (Phi) is 2.22. The molecule has 66 valence electrons. The van der Waals surface area contributed by atoms with Gasteiger partial charge in [-0.05, 0) is 18.8 Å². The van der Waals surface area contributed by atoms with E-state index in [2.05, 4.69) is 26.5 Å². The average Bonchev–Trinajstić information content (AvgIpc) is 1.82. The Labute approximate surface area is 74.2 Å². The number of hydrogen-bond acceptors (Lipinski definition) is 1. The van der Waals surface area contributed by atoms with Gasteiger partial charge in [0.05, 0.1) is 5.92 Å². The van der Waals surface area contributed by atoms with Gasteiger partial charge in [-0.25, -0.2) is 0 Å². The molecule has 0 heterocycles. The van der Waals surface area contributed by atoms with E-state index in [4.69, 9.17) is 0 Å². The van der Waals surface area contributed by atoms with Crippen LogP contribution in [0.5, 0.6) is 0 Å². The lowest BCUT2D eigenvalue weighted by Crippen LogP contribution is -2.21. The minimum Gasteiger partial charge on any atom is -0.302 e. The van der Waals surface area contributed by atoms with E-state index in [0.29, 0.717) is 0 Å². The van der Waals surface area contributed by atoms with Gasteiger partial charge in [0.25, 0.3) is 0 Å². The highest BCUT2D eigenvalue weighted by molar-refractivity contribution is 5.64. The summed E-state index contributed by atoms with van der Waals surface area (Å²) in [6.07, 6.45) is 4.10. The number of aldehydes is 1. The molecule has 1 aliphatic carbocycles. The lowest BCUT2D eigenvalue weighted by molar-refractivity contribution is -0.109. The molecule has 0 aromatic carbocycles. The Balaban J connectivity index is 3.00. The van der Waals surface area contributed by atoms with Crippen LogP contribution in [0, 0.1) is 11.3 Å². The van der Waals surface area contributed by atoms with Crippen molar-refractivity contribution in [2.24, 2.45) is 11.3 Å². The van der Waals surface area contributed by atoms with Crippen LogP contribution in [0.1, 0.15) is 27.2 Å². The summed E-state index contributed by atoms with van der Waals surface area (Å²) in [6.45, 7) is 10.3. The van der Waals surface area contributed by atoms with Gasteiger partial charge in [0, 0.05) is 0 Å². The molecule has 1 unspecified atom stereocenters. The third-order valence-electron chi connectivity index (χ3n) is 2.37. The van der Waals surface area contributed by atoms with Crippen LogP contribution in [0.3, 0.4) is 0 Å². The summed E-state index contributed by atoms with van der Waals surface area (Å²) in [7, 11) is 0. The maximum absolute atomic E-state index is 10.7. The van der Waals surface area contributed by atoms with Crippen LogP contribution in [0.25, 0.3) is 0 Å². The fourth-order valence-corrected chi connectivity index (χ4v) is 1.98. The summed E-state index contributed by atoms with van der Waals surface area (Å²) < 4.78 is 0. The fraction of sp³-hybridized carbons (Fsp3) is 0.545. The predicted molar refractivity (Wildman–Crippen MR) is 50.8 cm³/mol. The topological polar surface area (TPSA) is 17.1 Å². The summed E-state index contributed by atoms with van der Waals surface area (Å²) in [5.41, 5.74) is 2.38. The van der Waals surface area contributed by atoms with Crippen LogP contribution in [0.4, 0.5) is 0 Å². The molecule has 1 nitrogen and oxygen atoms in total. The van der Waals surface area contributed by atoms with Crippen molar-refractivity contribution in [3.05, 3.63) is 23.8 Å². The second-order valence-electron chi connectivity index (χ2n) is 4.33. The Morgan fingerprint density at radius 2 is 2.25 bits per heavy atom. The van der Waals surface area contributed by atoms with E-state index in [1.54, 1.807) is 0 Å². The molecule has 0 radical (unpaired) electrons. The normalized spacial score (nSPS) is 28.1. The first kappa shape index (κ1) is 9.24. The van der Waals surface area contributed by atoms with Crippen LogP contribution >= 0.6 is 0 Å². The minimum atomic E-state index is -0.0296. The molecule has 0 aliphatic heterocycles. The van der Waals surface area contributed by atoms with Crippen LogP contribution < -0.4 is 0 Å². The van der Waals surface area contributed by atoms with Crippen molar-refractivity contribution in [2.45, 2.75) is 27.2 Å². The molecule has 0 N–H and O–H groups in total. The zero-order chi connectivity index (χ0) is 9.35. The molecular weight excluding hydrogens is 148 g/mol. The van der Waals surface area contributed by atoms with Crippen molar-refractivity contribution in [1.82, 2.24) is 0 Å². The van der Waals surface area contributed by atoms with Gasteiger partial charge in [-0.2, -0.15) is 0 Å². The van der Waals surface area contributed by atoms with Gasteiger partial charge in [-0.3, -0.25) is 0 Å². The summed E-state index contributed by atoms with van der Waals surface area (Å²) in [5.74, 6) is -0.0296. The second-order valence-corrected chi connectivity index (χ2v) is 4.33. The highest BCUT2D eigenvalue weighted by Gasteiger charge is 2.27. The Bertz CT molecular complexity index is 246. The van der Waals surface area contributed by atoms with Crippen molar-refractivity contribution in [1.29, 1.82) is 0 Å². The monoisotopic (exact) mass is 164 g/mol. The number of carbonyl (C=O) groups is 1. The first-order chi connectivity index (χ1) is 5.46. The van der Waals surface area contributed by atoms with Crippen molar-refractivity contribution in [3.63, 3.8) is 0 Å². The summed E-state index contributed by atoms with van der Waals surface area (Å²) in [6, 6.07) is 0. The third-order valence-corrected chi connectivity index (χ3v) is 2.37. The number of allylic oxidation sites excluding steroid dienone is 3. The first-order valence-corrected chi connectivity index (χ1v) is 4.28. The maximum Gasteiger partial charge on any atom is 0.131 e. The van der Waals surface area contributed by atoms with Crippen LogP contribution in [-0.2, 0) is 4.79 Å². The van der Waals surface area contributed by atoms with Gasteiger partial charge in [0.1, 0.15) is 6.29 Å². The summed E-state index contributed by atoms with van der Waals surface area (Å²) in [5, 5.41) is 0. The highest BCUT2D eigenvalue weighted by Crippen LogP contribution is 2.38. The molecule has 0 aromatic heterocycles. The first-order valence-electron chi connectivity index (χ1n) is 4.28. The maximum atomic E-state index is 10.7. The molecular formula is C11H16O. The number of hydrogen-bond donors (Lipinski definition) is 0. The molecule has 0 amide bonds. The predicted octanol–water partition coefficient (Wildman–Crippen LogP) is 2.73. The third kappa shape index (κ3) is 1.66. The van der Waals surface area contributed by atoms with Crippen LogP contribution in [0.15, 0.2) is 23.8 Å². The zero-order valence-electron chi connectivity index (χ0n) is 8.05. The van der Waals surface area contributed by atoms with Gasteiger partial charge in [-0.1, -0.05) is 37.6 Å². The number of carbonyl (C=O) groups excluding carboxylic acids is 1. The van der Waals surface area contributed by atoms with E-state index >= 15 is 0 Å². The van der Waals surface area contributed by atoms with Crippen LogP contribution in [-0.4, -0.2) is 6.29 Å². The number of rotatable bonds is 1. The Morgan fingerprint density at radius 1 is 1.67 bits per heavy atom. The molecule has 1 rings (SSSR count). The second kappa shape index (κ2) is 2.89. The quantitative estimate of drug-likeness (QED) is 0.430. The molecule has 1 aliphatic rings. The smallest absolute Gasteiger partial charge is 0.131 e. The molecule has 0 bridgehead atoms. The minimum absolute atomic E-state index is 0.0296. The molecule has 12 heavy (non-hydrogen) atoms. The van der Waals surface area contributed by atoms with Gasteiger partial charge >= 0.3 is 0 Å². The lowest BCUT2D eigenvalue weighted by atomic mass is 9.73. The molecule has 0 aromatic rings. The van der Waals surface area contributed by atoms with E-state index in [1.165, 1.54) is 0 Å². The largest absolute Gasteiger partial charge is 0.302 e. The molecule has 0 saturated carbocycles. The van der Waals surface area contributed by atoms with E-state index in [1.807, 2.05) is 6.92 Å². The molecule has 0 saturated heterocycles. The SMILES string of the molecule is C=C1CC(C)(C)C=C(C)C1C=O. The Hall–Kier alpha value is -0.850. The summed E-state index contributed by atoms with van der Waals surface area (Å²) >= 11 is 0.